The van der Waals surface area contributed by atoms with Crippen LogP contribution in [-0.2, 0) is 9.59 Å². The molecule has 0 unspecified atom stereocenters. The van der Waals surface area contributed by atoms with Crippen LogP contribution in [0.25, 0.3) is 0 Å². The molecule has 0 N–H and O–H groups in total. The van der Waals surface area contributed by atoms with Gasteiger partial charge in [-0.3, -0.25) is 9.59 Å². The van der Waals surface area contributed by atoms with Crippen molar-refractivity contribution in [2.24, 2.45) is 0 Å². The molecule has 0 spiro atoms. The first-order valence-electron chi connectivity index (χ1n) is 8.67. The van der Waals surface area contributed by atoms with Crippen LogP contribution < -0.4 is 4.90 Å². The average Bonchev–Trinajstić information content (AvgIpc) is 2.61. The van der Waals surface area contributed by atoms with E-state index in [1.54, 1.807) is 23.4 Å². The molecule has 0 saturated carbocycles. The lowest BCUT2D eigenvalue weighted by Gasteiger charge is -2.35. The highest BCUT2D eigenvalue weighted by Crippen LogP contribution is 2.10. The Kier molecular flexibility index (Phi) is 7.12. The molecule has 2 heterocycles. The molecule has 1 saturated heterocycles. The molecule has 1 fully saturated rings. The number of hydrogen-bond donors (Lipinski definition) is 0. The van der Waals surface area contributed by atoms with Crippen molar-refractivity contribution in [1.82, 2.24) is 24.7 Å². The number of carbonyl (C=O) groups excluding carboxylic acids is 2. The van der Waals surface area contributed by atoms with E-state index in [2.05, 4.69) is 19.8 Å². The van der Waals surface area contributed by atoms with Gasteiger partial charge in [0, 0.05) is 52.0 Å². The lowest BCUT2D eigenvalue weighted by molar-refractivity contribution is -0.139. The summed E-state index contributed by atoms with van der Waals surface area (Å²) >= 11 is 0. The number of amides is 2. The monoisotopic (exact) mass is 348 g/mol. The third kappa shape index (κ3) is 5.97. The zero-order valence-electron chi connectivity index (χ0n) is 15.4. The summed E-state index contributed by atoms with van der Waals surface area (Å²) in [7, 11) is 4.00. The summed E-state index contributed by atoms with van der Waals surface area (Å²) in [5, 5.41) is 0. The molecular weight excluding hydrogens is 320 g/mol. The van der Waals surface area contributed by atoms with Crippen LogP contribution >= 0.6 is 0 Å². The van der Waals surface area contributed by atoms with Gasteiger partial charge in [-0.25, -0.2) is 9.97 Å². The summed E-state index contributed by atoms with van der Waals surface area (Å²) in [6, 6.07) is 1.79. The van der Waals surface area contributed by atoms with Crippen molar-refractivity contribution < 1.29 is 9.59 Å². The average molecular weight is 348 g/mol. The number of anilines is 1. The number of aromatic nitrogens is 2. The van der Waals surface area contributed by atoms with E-state index in [-0.39, 0.29) is 18.4 Å². The molecule has 0 aliphatic carbocycles. The summed E-state index contributed by atoms with van der Waals surface area (Å²) in [5.41, 5.74) is 0. The van der Waals surface area contributed by atoms with E-state index in [0.717, 1.165) is 13.0 Å². The van der Waals surface area contributed by atoms with Crippen molar-refractivity contribution >= 4 is 17.8 Å². The maximum absolute atomic E-state index is 12.5. The molecule has 25 heavy (non-hydrogen) atoms. The Morgan fingerprint density at radius 3 is 2.28 bits per heavy atom. The summed E-state index contributed by atoms with van der Waals surface area (Å²) in [5.74, 6) is 0.653. The van der Waals surface area contributed by atoms with Crippen LogP contribution in [0.2, 0.25) is 0 Å². The number of nitrogens with zero attached hydrogens (tertiary/aromatic N) is 6. The molecule has 1 aliphatic rings. The number of rotatable bonds is 7. The fraction of sp³-hybridized carbons (Fsp3) is 0.647. The summed E-state index contributed by atoms with van der Waals surface area (Å²) in [6.07, 6.45) is 4.30. The first kappa shape index (κ1) is 19.1. The second-order valence-corrected chi connectivity index (χ2v) is 6.51. The van der Waals surface area contributed by atoms with Crippen LogP contribution in [0.15, 0.2) is 18.5 Å². The smallest absolute Gasteiger partial charge is 0.242 e. The van der Waals surface area contributed by atoms with Gasteiger partial charge >= 0.3 is 0 Å². The Morgan fingerprint density at radius 2 is 1.72 bits per heavy atom. The topological polar surface area (TPSA) is 72.9 Å². The standard InChI is InChI=1S/C17H28N6O2/c1-15(24)23(9-5-8-20(2)3)14-16(25)21-10-12-22(13-11-21)17-18-6-4-7-19-17/h4,6-7H,5,8-14H2,1-3H3. The van der Waals surface area contributed by atoms with Gasteiger partial charge in [-0.05, 0) is 33.1 Å². The Hall–Kier alpha value is -2.22. The van der Waals surface area contributed by atoms with Crippen molar-refractivity contribution in [2.45, 2.75) is 13.3 Å². The number of carbonyl (C=O) groups is 2. The van der Waals surface area contributed by atoms with Gasteiger partial charge in [-0.2, -0.15) is 0 Å². The number of hydrogen-bond acceptors (Lipinski definition) is 6. The molecule has 1 aromatic rings. The van der Waals surface area contributed by atoms with E-state index in [1.807, 2.05) is 19.0 Å². The molecule has 1 aliphatic heterocycles. The molecular formula is C17H28N6O2. The lowest BCUT2D eigenvalue weighted by Crippen LogP contribution is -2.52. The zero-order chi connectivity index (χ0) is 18.2. The highest BCUT2D eigenvalue weighted by atomic mass is 16.2. The molecule has 138 valence electrons. The van der Waals surface area contributed by atoms with Crippen molar-refractivity contribution in [2.75, 3.05) is 64.8 Å². The van der Waals surface area contributed by atoms with Gasteiger partial charge in [0.25, 0.3) is 0 Å². The van der Waals surface area contributed by atoms with Gasteiger partial charge < -0.3 is 19.6 Å². The molecule has 0 radical (unpaired) electrons. The fourth-order valence-corrected chi connectivity index (χ4v) is 2.80. The van der Waals surface area contributed by atoms with Crippen molar-refractivity contribution in [1.29, 1.82) is 0 Å². The maximum atomic E-state index is 12.5. The Labute approximate surface area is 149 Å². The van der Waals surface area contributed by atoms with Crippen molar-refractivity contribution in [3.8, 4) is 0 Å². The molecule has 8 nitrogen and oxygen atoms in total. The van der Waals surface area contributed by atoms with Gasteiger partial charge in [0.1, 0.15) is 0 Å². The molecule has 0 atom stereocenters. The second-order valence-electron chi connectivity index (χ2n) is 6.51. The SMILES string of the molecule is CC(=O)N(CCCN(C)C)CC(=O)N1CCN(c2ncccn2)CC1. The first-order valence-corrected chi connectivity index (χ1v) is 8.67. The normalized spacial score (nSPS) is 14.7. The van der Waals surface area contributed by atoms with E-state index in [9.17, 15) is 9.59 Å². The molecule has 1 aromatic heterocycles. The fourth-order valence-electron chi connectivity index (χ4n) is 2.80. The summed E-state index contributed by atoms with van der Waals surface area (Å²) < 4.78 is 0. The van der Waals surface area contributed by atoms with Crippen LogP contribution in [-0.4, -0.2) is 96.4 Å². The quantitative estimate of drug-likeness (QED) is 0.687. The Bertz CT molecular complexity index is 558. The maximum Gasteiger partial charge on any atom is 0.242 e. The minimum atomic E-state index is -0.0524. The third-order valence-electron chi connectivity index (χ3n) is 4.27. The van der Waals surface area contributed by atoms with Crippen LogP contribution in [0, 0.1) is 0 Å². The van der Waals surface area contributed by atoms with Gasteiger partial charge in [0.05, 0.1) is 6.54 Å². The van der Waals surface area contributed by atoms with Gasteiger partial charge in [-0.15, -0.1) is 0 Å². The highest BCUT2D eigenvalue weighted by Gasteiger charge is 2.24. The van der Waals surface area contributed by atoms with Gasteiger partial charge in [0.15, 0.2) is 0 Å². The molecule has 0 aromatic carbocycles. The van der Waals surface area contributed by atoms with Crippen LogP contribution in [0.4, 0.5) is 5.95 Å². The van der Waals surface area contributed by atoms with E-state index in [1.165, 1.54) is 6.92 Å². The van der Waals surface area contributed by atoms with E-state index < -0.39 is 0 Å². The summed E-state index contributed by atoms with van der Waals surface area (Å²) in [4.78, 5) is 40.4. The van der Waals surface area contributed by atoms with Crippen LogP contribution in [0.1, 0.15) is 13.3 Å². The van der Waals surface area contributed by atoms with Crippen molar-refractivity contribution in [3.05, 3.63) is 18.5 Å². The van der Waals surface area contributed by atoms with Crippen LogP contribution in [0.3, 0.4) is 0 Å². The molecule has 2 rings (SSSR count). The van der Waals surface area contributed by atoms with E-state index >= 15 is 0 Å². The molecule has 8 heteroatoms. The summed E-state index contributed by atoms with van der Waals surface area (Å²) in [6.45, 7) is 5.84. The predicted octanol–water partition coefficient (Wildman–Crippen LogP) is -0.0746. The highest BCUT2D eigenvalue weighted by molar-refractivity contribution is 5.84. The van der Waals surface area contributed by atoms with Crippen molar-refractivity contribution in [3.63, 3.8) is 0 Å². The Balaban J connectivity index is 1.81. The zero-order valence-corrected chi connectivity index (χ0v) is 15.4. The minimum absolute atomic E-state index is 0.00804. The van der Waals surface area contributed by atoms with E-state index in [4.69, 9.17) is 0 Å². The van der Waals surface area contributed by atoms with Gasteiger partial charge in [0.2, 0.25) is 17.8 Å². The first-order chi connectivity index (χ1) is 12.0. The number of piperazine rings is 1. The Morgan fingerprint density at radius 1 is 1.08 bits per heavy atom. The third-order valence-corrected chi connectivity index (χ3v) is 4.27. The van der Waals surface area contributed by atoms with E-state index in [0.29, 0.717) is 38.7 Å². The minimum Gasteiger partial charge on any atom is -0.338 e. The van der Waals surface area contributed by atoms with Gasteiger partial charge in [-0.1, -0.05) is 0 Å². The molecule has 2 amide bonds. The second kappa shape index (κ2) is 9.31. The van der Waals surface area contributed by atoms with Crippen LogP contribution in [0.5, 0.6) is 0 Å². The lowest BCUT2D eigenvalue weighted by atomic mass is 10.3. The molecule has 0 bridgehead atoms. The predicted molar refractivity (Wildman–Crippen MR) is 96.3 cm³/mol. The largest absolute Gasteiger partial charge is 0.338 e.